The SMILES string of the molecule is COc1ccc(-c2cc(CCN)ccc2OC)c(N)c1. The molecule has 0 amide bonds. The normalized spacial score (nSPS) is 10.3. The summed E-state index contributed by atoms with van der Waals surface area (Å²) in [7, 11) is 3.28. The predicted molar refractivity (Wildman–Crippen MR) is 82.2 cm³/mol. The van der Waals surface area contributed by atoms with Gasteiger partial charge in [0.25, 0.3) is 0 Å². The van der Waals surface area contributed by atoms with E-state index in [4.69, 9.17) is 20.9 Å². The van der Waals surface area contributed by atoms with Crippen molar-refractivity contribution in [2.45, 2.75) is 6.42 Å². The lowest BCUT2D eigenvalue weighted by molar-refractivity contribution is 0.414. The van der Waals surface area contributed by atoms with E-state index in [-0.39, 0.29) is 0 Å². The van der Waals surface area contributed by atoms with Crippen LogP contribution in [0.4, 0.5) is 5.69 Å². The minimum atomic E-state index is 0.615. The molecule has 0 saturated carbocycles. The highest BCUT2D eigenvalue weighted by atomic mass is 16.5. The molecule has 2 rings (SSSR count). The number of anilines is 1. The number of benzene rings is 2. The van der Waals surface area contributed by atoms with Gasteiger partial charge in [-0.25, -0.2) is 0 Å². The summed E-state index contributed by atoms with van der Waals surface area (Å²) in [6.07, 6.45) is 0.826. The van der Waals surface area contributed by atoms with Gasteiger partial charge in [0.1, 0.15) is 11.5 Å². The van der Waals surface area contributed by atoms with Gasteiger partial charge >= 0.3 is 0 Å². The highest BCUT2D eigenvalue weighted by Gasteiger charge is 2.10. The maximum atomic E-state index is 6.12. The Morgan fingerprint density at radius 2 is 1.75 bits per heavy atom. The summed E-state index contributed by atoms with van der Waals surface area (Å²) in [6.45, 7) is 0.615. The number of rotatable bonds is 5. The number of ether oxygens (including phenoxy) is 2. The van der Waals surface area contributed by atoms with Crippen LogP contribution in [0.5, 0.6) is 11.5 Å². The summed E-state index contributed by atoms with van der Waals surface area (Å²) in [4.78, 5) is 0. The van der Waals surface area contributed by atoms with Crippen LogP contribution in [0.1, 0.15) is 5.56 Å². The standard InChI is InChI=1S/C16H20N2O2/c1-19-12-4-5-13(15(18)10-12)14-9-11(7-8-17)3-6-16(14)20-2/h3-6,9-10H,7-8,17-18H2,1-2H3. The fraction of sp³-hybridized carbons (Fsp3) is 0.250. The lowest BCUT2D eigenvalue weighted by atomic mass is 9.99. The molecule has 4 nitrogen and oxygen atoms in total. The fourth-order valence-electron chi connectivity index (χ4n) is 2.20. The summed E-state index contributed by atoms with van der Waals surface area (Å²) < 4.78 is 10.6. The number of nitrogens with two attached hydrogens (primary N) is 2. The Kier molecular flexibility index (Phi) is 4.48. The first kappa shape index (κ1) is 14.2. The fourth-order valence-corrected chi connectivity index (χ4v) is 2.20. The smallest absolute Gasteiger partial charge is 0.126 e. The van der Waals surface area contributed by atoms with E-state index in [1.807, 2.05) is 30.3 Å². The van der Waals surface area contributed by atoms with Crippen molar-refractivity contribution in [3.8, 4) is 22.6 Å². The molecule has 20 heavy (non-hydrogen) atoms. The van der Waals surface area contributed by atoms with Crippen molar-refractivity contribution < 1.29 is 9.47 Å². The monoisotopic (exact) mass is 272 g/mol. The van der Waals surface area contributed by atoms with Crippen molar-refractivity contribution in [3.63, 3.8) is 0 Å². The lowest BCUT2D eigenvalue weighted by Gasteiger charge is -2.13. The first-order valence-corrected chi connectivity index (χ1v) is 6.50. The molecule has 0 aromatic heterocycles. The second-order valence-corrected chi connectivity index (χ2v) is 4.53. The Morgan fingerprint density at radius 1 is 0.950 bits per heavy atom. The molecule has 4 N–H and O–H groups in total. The van der Waals surface area contributed by atoms with Crippen molar-refractivity contribution in [1.82, 2.24) is 0 Å². The Labute approximate surface area is 119 Å². The minimum absolute atomic E-state index is 0.615. The van der Waals surface area contributed by atoms with Crippen LogP contribution in [0.15, 0.2) is 36.4 Å². The molecule has 0 atom stereocenters. The van der Waals surface area contributed by atoms with Gasteiger partial charge in [-0.3, -0.25) is 0 Å². The summed E-state index contributed by atoms with van der Waals surface area (Å²) in [6, 6.07) is 11.7. The largest absolute Gasteiger partial charge is 0.497 e. The second kappa shape index (κ2) is 6.30. The van der Waals surface area contributed by atoms with Crippen LogP contribution < -0.4 is 20.9 Å². The maximum absolute atomic E-state index is 6.12. The number of methoxy groups -OCH3 is 2. The zero-order chi connectivity index (χ0) is 14.5. The summed E-state index contributed by atoms with van der Waals surface area (Å²) in [5.41, 5.74) is 15.5. The van der Waals surface area contributed by atoms with Gasteiger partial charge in [-0.15, -0.1) is 0 Å². The highest BCUT2D eigenvalue weighted by molar-refractivity contribution is 5.81. The molecule has 2 aromatic carbocycles. The Hall–Kier alpha value is -2.20. The molecule has 0 aliphatic rings. The maximum Gasteiger partial charge on any atom is 0.126 e. The molecule has 106 valence electrons. The summed E-state index contributed by atoms with van der Waals surface area (Å²) >= 11 is 0. The van der Waals surface area contributed by atoms with Crippen molar-refractivity contribution in [2.24, 2.45) is 5.73 Å². The van der Waals surface area contributed by atoms with E-state index in [1.165, 1.54) is 5.56 Å². The molecular formula is C16H20N2O2. The van der Waals surface area contributed by atoms with Crippen molar-refractivity contribution in [2.75, 3.05) is 26.5 Å². The molecule has 0 unspecified atom stereocenters. The highest BCUT2D eigenvalue weighted by Crippen LogP contribution is 2.36. The molecule has 0 aliphatic carbocycles. The average molecular weight is 272 g/mol. The Bertz CT molecular complexity index is 597. The van der Waals surface area contributed by atoms with Crippen molar-refractivity contribution in [1.29, 1.82) is 0 Å². The van der Waals surface area contributed by atoms with Crippen LogP contribution in [0.25, 0.3) is 11.1 Å². The molecule has 0 aliphatic heterocycles. The molecule has 4 heteroatoms. The molecular weight excluding hydrogens is 252 g/mol. The summed E-state index contributed by atoms with van der Waals surface area (Å²) in [5.74, 6) is 1.53. The topological polar surface area (TPSA) is 70.5 Å². The first-order chi connectivity index (χ1) is 9.69. The van der Waals surface area contributed by atoms with E-state index in [2.05, 4.69) is 6.07 Å². The second-order valence-electron chi connectivity index (χ2n) is 4.53. The number of nitrogen functional groups attached to an aromatic ring is 1. The van der Waals surface area contributed by atoms with Gasteiger partial charge in [-0.1, -0.05) is 6.07 Å². The first-order valence-electron chi connectivity index (χ1n) is 6.50. The van der Waals surface area contributed by atoms with E-state index in [1.54, 1.807) is 14.2 Å². The van der Waals surface area contributed by atoms with Crippen LogP contribution >= 0.6 is 0 Å². The third kappa shape index (κ3) is 2.86. The Balaban J connectivity index is 2.52. The van der Waals surface area contributed by atoms with E-state index in [0.29, 0.717) is 12.2 Å². The quantitative estimate of drug-likeness (QED) is 0.820. The number of hydrogen-bond donors (Lipinski definition) is 2. The molecule has 0 spiro atoms. The van der Waals surface area contributed by atoms with E-state index < -0.39 is 0 Å². The van der Waals surface area contributed by atoms with Crippen molar-refractivity contribution in [3.05, 3.63) is 42.0 Å². The van der Waals surface area contributed by atoms with Gasteiger partial charge in [0.15, 0.2) is 0 Å². The predicted octanol–water partition coefficient (Wildman–Crippen LogP) is 2.45. The lowest BCUT2D eigenvalue weighted by Crippen LogP contribution is -2.03. The van der Waals surface area contributed by atoms with E-state index in [0.717, 1.165) is 29.0 Å². The molecule has 2 aromatic rings. The van der Waals surface area contributed by atoms with Gasteiger partial charge in [-0.2, -0.15) is 0 Å². The number of hydrogen-bond acceptors (Lipinski definition) is 4. The minimum Gasteiger partial charge on any atom is -0.497 e. The Morgan fingerprint density at radius 3 is 2.35 bits per heavy atom. The van der Waals surface area contributed by atoms with Crippen LogP contribution in [-0.2, 0) is 6.42 Å². The zero-order valence-electron chi connectivity index (χ0n) is 11.8. The molecule has 0 fully saturated rings. The molecule has 0 saturated heterocycles. The van der Waals surface area contributed by atoms with E-state index >= 15 is 0 Å². The molecule has 0 radical (unpaired) electrons. The van der Waals surface area contributed by atoms with Gasteiger partial charge in [0.05, 0.1) is 14.2 Å². The summed E-state index contributed by atoms with van der Waals surface area (Å²) in [5, 5.41) is 0. The van der Waals surface area contributed by atoms with Gasteiger partial charge in [0.2, 0.25) is 0 Å². The van der Waals surface area contributed by atoms with Gasteiger partial charge in [-0.05, 0) is 42.8 Å². The van der Waals surface area contributed by atoms with Crippen molar-refractivity contribution >= 4 is 5.69 Å². The van der Waals surface area contributed by atoms with Gasteiger partial charge in [0, 0.05) is 22.9 Å². The average Bonchev–Trinajstić information content (AvgIpc) is 2.47. The van der Waals surface area contributed by atoms with Crippen LogP contribution in [0.3, 0.4) is 0 Å². The van der Waals surface area contributed by atoms with E-state index in [9.17, 15) is 0 Å². The molecule has 0 bridgehead atoms. The van der Waals surface area contributed by atoms with Crippen LogP contribution in [-0.4, -0.2) is 20.8 Å². The van der Waals surface area contributed by atoms with Gasteiger partial charge < -0.3 is 20.9 Å². The zero-order valence-corrected chi connectivity index (χ0v) is 11.8. The third-order valence-corrected chi connectivity index (χ3v) is 3.25. The van der Waals surface area contributed by atoms with Crippen LogP contribution in [0.2, 0.25) is 0 Å². The third-order valence-electron chi connectivity index (χ3n) is 3.25. The van der Waals surface area contributed by atoms with Crippen LogP contribution in [0, 0.1) is 0 Å². The molecule has 0 heterocycles.